The van der Waals surface area contributed by atoms with Crippen molar-refractivity contribution in [3.63, 3.8) is 0 Å². The fraction of sp³-hybridized carbons (Fsp3) is 0.316. The number of aromatic carboxylic acids is 1. The molecule has 120 valence electrons. The molecule has 1 heterocycles. The van der Waals surface area contributed by atoms with Gasteiger partial charge in [-0.25, -0.2) is 4.79 Å². The Morgan fingerprint density at radius 1 is 0.913 bits per heavy atom. The summed E-state index contributed by atoms with van der Waals surface area (Å²) in [5.74, 6) is -0.873. The van der Waals surface area contributed by atoms with E-state index >= 15 is 0 Å². The van der Waals surface area contributed by atoms with E-state index in [2.05, 4.69) is 40.1 Å². The minimum Gasteiger partial charge on any atom is -0.478 e. The van der Waals surface area contributed by atoms with Crippen LogP contribution in [0, 0.1) is 0 Å². The highest BCUT2D eigenvalue weighted by Gasteiger charge is 2.17. The summed E-state index contributed by atoms with van der Waals surface area (Å²) in [6.07, 6.45) is 1.09. The van der Waals surface area contributed by atoms with E-state index in [1.165, 1.54) is 5.56 Å². The van der Waals surface area contributed by atoms with Gasteiger partial charge in [-0.3, -0.25) is 4.90 Å². The second-order valence-corrected chi connectivity index (χ2v) is 5.92. The highest BCUT2D eigenvalue weighted by molar-refractivity contribution is 5.88. The number of hydrogen-bond donors (Lipinski definition) is 1. The third-order valence-corrected chi connectivity index (χ3v) is 4.41. The molecule has 1 fully saturated rings. The number of carboxylic acids is 1. The highest BCUT2D eigenvalue weighted by atomic mass is 16.4. The molecule has 0 saturated carbocycles. The maximum Gasteiger partial charge on any atom is 0.335 e. The third kappa shape index (κ3) is 4.11. The molecule has 0 bridgehead atoms. The second-order valence-electron chi connectivity index (χ2n) is 5.92. The van der Waals surface area contributed by atoms with E-state index < -0.39 is 5.97 Å². The first kappa shape index (κ1) is 15.6. The van der Waals surface area contributed by atoms with E-state index in [-0.39, 0.29) is 0 Å². The van der Waals surface area contributed by atoms with Crippen LogP contribution < -0.4 is 4.90 Å². The summed E-state index contributed by atoms with van der Waals surface area (Å²) in [7, 11) is 0. The van der Waals surface area contributed by atoms with Crippen LogP contribution in [0.1, 0.15) is 15.9 Å². The standard InChI is InChI=1S/C19H22N2O2/c22-19(23)17-6-8-18(9-7-17)21-14-12-20(13-15-21)11-10-16-4-2-1-3-5-16/h1-9H,10-15H2,(H,22,23). The van der Waals surface area contributed by atoms with Gasteiger partial charge in [0.25, 0.3) is 0 Å². The molecule has 1 aliphatic heterocycles. The molecule has 0 aliphatic carbocycles. The van der Waals surface area contributed by atoms with Crippen LogP contribution in [0.2, 0.25) is 0 Å². The van der Waals surface area contributed by atoms with Crippen molar-refractivity contribution >= 4 is 11.7 Å². The van der Waals surface area contributed by atoms with Gasteiger partial charge < -0.3 is 10.0 Å². The average Bonchev–Trinajstić information content (AvgIpc) is 2.61. The normalized spacial score (nSPS) is 15.6. The fourth-order valence-corrected chi connectivity index (χ4v) is 2.98. The number of hydrogen-bond acceptors (Lipinski definition) is 3. The van der Waals surface area contributed by atoms with Crippen molar-refractivity contribution in [3.8, 4) is 0 Å². The van der Waals surface area contributed by atoms with Gasteiger partial charge >= 0.3 is 5.97 Å². The molecule has 4 heteroatoms. The van der Waals surface area contributed by atoms with Gasteiger partial charge in [-0.15, -0.1) is 0 Å². The highest BCUT2D eigenvalue weighted by Crippen LogP contribution is 2.17. The fourth-order valence-electron chi connectivity index (χ4n) is 2.98. The second kappa shape index (κ2) is 7.29. The maximum atomic E-state index is 10.9. The number of benzene rings is 2. The number of rotatable bonds is 5. The third-order valence-electron chi connectivity index (χ3n) is 4.41. The van der Waals surface area contributed by atoms with Gasteiger partial charge in [0.05, 0.1) is 5.56 Å². The Kier molecular flexibility index (Phi) is 4.93. The quantitative estimate of drug-likeness (QED) is 0.922. The Morgan fingerprint density at radius 2 is 1.57 bits per heavy atom. The molecule has 0 spiro atoms. The van der Waals surface area contributed by atoms with Crippen LogP contribution >= 0.6 is 0 Å². The molecular formula is C19H22N2O2. The van der Waals surface area contributed by atoms with E-state index in [9.17, 15) is 4.79 Å². The monoisotopic (exact) mass is 310 g/mol. The van der Waals surface area contributed by atoms with Gasteiger partial charge in [0.15, 0.2) is 0 Å². The van der Waals surface area contributed by atoms with Crippen molar-refractivity contribution in [2.24, 2.45) is 0 Å². The first-order valence-electron chi connectivity index (χ1n) is 8.07. The van der Waals surface area contributed by atoms with Crippen LogP contribution in [0.25, 0.3) is 0 Å². The molecular weight excluding hydrogens is 288 g/mol. The summed E-state index contributed by atoms with van der Waals surface area (Å²) in [6.45, 7) is 5.17. The molecule has 0 amide bonds. The zero-order valence-corrected chi connectivity index (χ0v) is 13.2. The molecule has 0 radical (unpaired) electrons. The average molecular weight is 310 g/mol. The minimum absolute atomic E-state index is 0.343. The van der Waals surface area contributed by atoms with E-state index in [0.29, 0.717) is 5.56 Å². The Labute approximate surface area is 137 Å². The van der Waals surface area contributed by atoms with Gasteiger partial charge in [-0.1, -0.05) is 30.3 Å². The number of piperazine rings is 1. The van der Waals surface area contributed by atoms with Crippen molar-refractivity contribution < 1.29 is 9.90 Å². The summed E-state index contributed by atoms with van der Waals surface area (Å²) >= 11 is 0. The lowest BCUT2D eigenvalue weighted by atomic mass is 10.1. The van der Waals surface area contributed by atoms with Gasteiger partial charge in [0, 0.05) is 38.4 Å². The van der Waals surface area contributed by atoms with Gasteiger partial charge in [-0.2, -0.15) is 0 Å². The Balaban J connectivity index is 1.49. The summed E-state index contributed by atoms with van der Waals surface area (Å²) in [5, 5.41) is 8.95. The lowest BCUT2D eigenvalue weighted by molar-refractivity contribution is 0.0697. The first-order valence-corrected chi connectivity index (χ1v) is 8.07. The molecule has 4 nitrogen and oxygen atoms in total. The van der Waals surface area contributed by atoms with Gasteiger partial charge in [-0.05, 0) is 36.2 Å². The first-order chi connectivity index (χ1) is 11.2. The number of nitrogens with zero attached hydrogens (tertiary/aromatic N) is 2. The molecule has 0 atom stereocenters. The molecule has 1 N–H and O–H groups in total. The lowest BCUT2D eigenvalue weighted by Gasteiger charge is -2.36. The number of carbonyl (C=O) groups is 1. The smallest absolute Gasteiger partial charge is 0.335 e. The van der Waals surface area contributed by atoms with Crippen LogP contribution in [-0.2, 0) is 6.42 Å². The Morgan fingerprint density at radius 3 is 2.17 bits per heavy atom. The van der Waals surface area contributed by atoms with Crippen LogP contribution in [0.5, 0.6) is 0 Å². The summed E-state index contributed by atoms with van der Waals surface area (Å²) in [6, 6.07) is 17.8. The van der Waals surface area contributed by atoms with Crippen molar-refractivity contribution in [1.29, 1.82) is 0 Å². The molecule has 0 unspecified atom stereocenters. The summed E-state index contributed by atoms with van der Waals surface area (Å²) < 4.78 is 0. The van der Waals surface area contributed by atoms with E-state index in [4.69, 9.17) is 5.11 Å². The van der Waals surface area contributed by atoms with Gasteiger partial charge in [0.1, 0.15) is 0 Å². The van der Waals surface area contributed by atoms with Crippen LogP contribution in [0.15, 0.2) is 54.6 Å². The van der Waals surface area contributed by atoms with E-state index in [1.54, 1.807) is 12.1 Å². The van der Waals surface area contributed by atoms with Crippen LogP contribution in [-0.4, -0.2) is 48.7 Å². The van der Waals surface area contributed by atoms with Crippen molar-refractivity contribution in [1.82, 2.24) is 4.90 Å². The molecule has 3 rings (SSSR count). The van der Waals surface area contributed by atoms with Crippen molar-refractivity contribution in [3.05, 3.63) is 65.7 Å². The summed E-state index contributed by atoms with van der Waals surface area (Å²) in [4.78, 5) is 15.7. The zero-order valence-electron chi connectivity index (χ0n) is 13.2. The summed E-state index contributed by atoms with van der Waals surface area (Å²) in [5.41, 5.74) is 2.84. The zero-order chi connectivity index (χ0) is 16.1. The molecule has 2 aromatic carbocycles. The maximum absolute atomic E-state index is 10.9. The van der Waals surface area contributed by atoms with E-state index in [1.807, 2.05) is 12.1 Å². The van der Waals surface area contributed by atoms with Crippen LogP contribution in [0.3, 0.4) is 0 Å². The van der Waals surface area contributed by atoms with Gasteiger partial charge in [0.2, 0.25) is 0 Å². The Bertz CT molecular complexity index is 632. The lowest BCUT2D eigenvalue weighted by Crippen LogP contribution is -2.47. The molecule has 2 aromatic rings. The van der Waals surface area contributed by atoms with E-state index in [0.717, 1.165) is 44.8 Å². The number of carboxylic acid groups (broad SMARTS) is 1. The van der Waals surface area contributed by atoms with Crippen LogP contribution in [0.4, 0.5) is 5.69 Å². The molecule has 0 aromatic heterocycles. The largest absolute Gasteiger partial charge is 0.478 e. The number of anilines is 1. The Hall–Kier alpha value is -2.33. The molecule has 1 saturated heterocycles. The molecule has 1 aliphatic rings. The van der Waals surface area contributed by atoms with Crippen molar-refractivity contribution in [2.45, 2.75) is 6.42 Å². The SMILES string of the molecule is O=C(O)c1ccc(N2CCN(CCc3ccccc3)CC2)cc1. The topological polar surface area (TPSA) is 43.8 Å². The predicted molar refractivity (Wildman–Crippen MR) is 92.2 cm³/mol. The predicted octanol–water partition coefficient (Wildman–Crippen LogP) is 2.75. The van der Waals surface area contributed by atoms with Crippen molar-refractivity contribution in [2.75, 3.05) is 37.6 Å². The molecule has 23 heavy (non-hydrogen) atoms. The minimum atomic E-state index is -0.873.